The number of hydrogen-bond acceptors (Lipinski definition) is 4. The molecule has 3 amide bonds. The Hall–Kier alpha value is -3.26. The molecular weight excluding hydrogens is 377 g/mol. The monoisotopic (exact) mass is 399 g/mol. The Morgan fingerprint density at radius 1 is 1.00 bits per heavy atom. The number of hydrogen-bond donors (Lipinski definition) is 3. The van der Waals surface area contributed by atoms with Gasteiger partial charge in [0.2, 0.25) is 5.91 Å². The summed E-state index contributed by atoms with van der Waals surface area (Å²) in [5.74, 6) is -1.69. The summed E-state index contributed by atoms with van der Waals surface area (Å²) in [6.45, 7) is 0.962. The van der Waals surface area contributed by atoms with Gasteiger partial charge in [0.25, 0.3) is 11.8 Å². The van der Waals surface area contributed by atoms with Crippen molar-refractivity contribution in [3.05, 3.63) is 65.5 Å². The van der Waals surface area contributed by atoms with E-state index in [0.717, 1.165) is 0 Å². The van der Waals surface area contributed by atoms with Crippen LogP contribution in [0, 0.1) is 11.2 Å². The first-order valence-corrected chi connectivity index (χ1v) is 9.22. The van der Waals surface area contributed by atoms with E-state index in [1.165, 1.54) is 30.3 Å². The van der Waals surface area contributed by atoms with E-state index >= 15 is 0 Å². The fourth-order valence-electron chi connectivity index (χ4n) is 3.17. The smallest absolute Gasteiger partial charge is 0.255 e. The van der Waals surface area contributed by atoms with Crippen LogP contribution in [0.25, 0.3) is 0 Å². The maximum Gasteiger partial charge on any atom is 0.255 e. The minimum Gasteiger partial charge on any atom is -0.381 e. The van der Waals surface area contributed by atoms with Crippen LogP contribution in [0.3, 0.4) is 0 Å². The molecule has 0 spiro atoms. The number of carbonyl (C=O) groups is 3. The van der Waals surface area contributed by atoms with Crippen LogP contribution in [0.5, 0.6) is 0 Å². The molecule has 0 aromatic heterocycles. The van der Waals surface area contributed by atoms with E-state index in [9.17, 15) is 18.8 Å². The van der Waals surface area contributed by atoms with Gasteiger partial charge in [-0.3, -0.25) is 14.4 Å². The minimum atomic E-state index is -0.817. The number of ether oxygens (including phenoxy) is 1. The SMILES string of the molecule is NC(=O)C1(CNC(=O)c2cccc(NC(=O)c3ccc(F)cc3)c2)CCOCC1. The quantitative estimate of drug-likeness (QED) is 0.691. The van der Waals surface area contributed by atoms with Crippen LogP contribution in [0.4, 0.5) is 10.1 Å². The molecule has 1 aliphatic heterocycles. The van der Waals surface area contributed by atoms with Gasteiger partial charge in [-0.15, -0.1) is 0 Å². The van der Waals surface area contributed by atoms with Crippen molar-refractivity contribution in [3.63, 3.8) is 0 Å². The molecule has 152 valence electrons. The normalized spacial score (nSPS) is 15.3. The molecule has 0 bridgehead atoms. The summed E-state index contributed by atoms with van der Waals surface area (Å²) >= 11 is 0. The lowest BCUT2D eigenvalue weighted by molar-refractivity contribution is -0.132. The molecule has 0 saturated carbocycles. The van der Waals surface area contributed by atoms with Gasteiger partial charge in [-0.2, -0.15) is 0 Å². The van der Waals surface area contributed by atoms with E-state index in [0.29, 0.717) is 42.9 Å². The highest BCUT2D eigenvalue weighted by atomic mass is 19.1. The molecule has 1 fully saturated rings. The highest BCUT2D eigenvalue weighted by Gasteiger charge is 2.38. The largest absolute Gasteiger partial charge is 0.381 e. The summed E-state index contributed by atoms with van der Waals surface area (Å²) in [6.07, 6.45) is 0.909. The van der Waals surface area contributed by atoms with Gasteiger partial charge in [-0.1, -0.05) is 6.07 Å². The lowest BCUT2D eigenvalue weighted by atomic mass is 9.79. The van der Waals surface area contributed by atoms with Gasteiger partial charge in [0, 0.05) is 36.6 Å². The van der Waals surface area contributed by atoms with E-state index in [1.54, 1.807) is 18.2 Å². The molecule has 1 aliphatic rings. The molecule has 0 atom stereocenters. The number of primary amides is 1. The van der Waals surface area contributed by atoms with Crippen LogP contribution >= 0.6 is 0 Å². The van der Waals surface area contributed by atoms with Crippen LogP contribution in [-0.4, -0.2) is 37.5 Å². The second-order valence-electron chi connectivity index (χ2n) is 6.98. The van der Waals surface area contributed by atoms with Gasteiger partial charge in [0.05, 0.1) is 5.41 Å². The molecule has 4 N–H and O–H groups in total. The van der Waals surface area contributed by atoms with E-state index in [4.69, 9.17) is 10.5 Å². The van der Waals surface area contributed by atoms with Crippen molar-refractivity contribution < 1.29 is 23.5 Å². The van der Waals surface area contributed by atoms with Crippen LogP contribution in [0.15, 0.2) is 48.5 Å². The second kappa shape index (κ2) is 8.83. The molecule has 29 heavy (non-hydrogen) atoms. The number of nitrogens with two attached hydrogens (primary N) is 1. The Bertz CT molecular complexity index is 908. The molecule has 8 heteroatoms. The molecule has 7 nitrogen and oxygen atoms in total. The highest BCUT2D eigenvalue weighted by Crippen LogP contribution is 2.29. The lowest BCUT2D eigenvalue weighted by Crippen LogP contribution is -2.49. The first kappa shape index (κ1) is 20.5. The summed E-state index contributed by atoms with van der Waals surface area (Å²) in [7, 11) is 0. The summed E-state index contributed by atoms with van der Waals surface area (Å²) < 4.78 is 18.3. The molecule has 2 aromatic rings. The van der Waals surface area contributed by atoms with Gasteiger partial charge in [0.1, 0.15) is 5.82 Å². The lowest BCUT2D eigenvalue weighted by Gasteiger charge is -2.34. The maximum absolute atomic E-state index is 13.0. The predicted molar refractivity (Wildman–Crippen MR) is 105 cm³/mol. The Morgan fingerprint density at radius 2 is 1.69 bits per heavy atom. The van der Waals surface area contributed by atoms with Crippen LogP contribution in [0.1, 0.15) is 33.6 Å². The van der Waals surface area contributed by atoms with E-state index in [1.807, 2.05) is 0 Å². The fraction of sp³-hybridized carbons (Fsp3) is 0.286. The summed E-state index contributed by atoms with van der Waals surface area (Å²) in [6, 6.07) is 11.5. The second-order valence-corrected chi connectivity index (χ2v) is 6.98. The van der Waals surface area contributed by atoms with Crippen LogP contribution in [-0.2, 0) is 9.53 Å². The Balaban J connectivity index is 1.65. The number of carbonyl (C=O) groups excluding carboxylic acids is 3. The summed E-state index contributed by atoms with van der Waals surface area (Å²) in [4.78, 5) is 36.7. The third-order valence-electron chi connectivity index (χ3n) is 5.05. The molecule has 2 aromatic carbocycles. The van der Waals surface area contributed by atoms with Crippen molar-refractivity contribution in [2.45, 2.75) is 12.8 Å². The molecule has 1 heterocycles. The summed E-state index contributed by atoms with van der Waals surface area (Å²) in [5, 5.41) is 5.43. The zero-order valence-corrected chi connectivity index (χ0v) is 15.7. The standard InChI is InChI=1S/C21H22FN3O4/c22-16-6-4-14(5-7-16)19(27)25-17-3-1-2-15(12-17)18(26)24-13-21(20(23)28)8-10-29-11-9-21/h1-7,12H,8-11,13H2,(H2,23,28)(H,24,26)(H,25,27). The third kappa shape index (κ3) is 4.97. The number of nitrogens with one attached hydrogen (secondary N) is 2. The number of amides is 3. The van der Waals surface area contributed by atoms with E-state index < -0.39 is 23.0 Å². The van der Waals surface area contributed by atoms with Crippen molar-refractivity contribution in [1.29, 1.82) is 0 Å². The Morgan fingerprint density at radius 3 is 2.34 bits per heavy atom. The Labute approximate surface area is 167 Å². The first-order valence-electron chi connectivity index (χ1n) is 9.22. The van der Waals surface area contributed by atoms with E-state index in [-0.39, 0.29) is 12.5 Å². The van der Waals surface area contributed by atoms with Crippen molar-refractivity contribution in [2.75, 3.05) is 25.1 Å². The van der Waals surface area contributed by atoms with Crippen molar-refractivity contribution in [2.24, 2.45) is 11.1 Å². The third-order valence-corrected chi connectivity index (χ3v) is 5.05. The maximum atomic E-state index is 13.0. The van der Waals surface area contributed by atoms with E-state index in [2.05, 4.69) is 10.6 Å². The predicted octanol–water partition coefficient (Wildman–Crippen LogP) is 2.09. The first-order chi connectivity index (χ1) is 13.9. The molecule has 0 unspecified atom stereocenters. The van der Waals surface area contributed by atoms with Gasteiger partial charge < -0.3 is 21.1 Å². The summed E-state index contributed by atoms with van der Waals surface area (Å²) in [5.41, 5.74) is 5.78. The van der Waals surface area contributed by atoms with Crippen LogP contribution in [0.2, 0.25) is 0 Å². The number of anilines is 1. The zero-order chi connectivity index (χ0) is 20.9. The van der Waals surface area contributed by atoms with Gasteiger partial charge in [0.15, 0.2) is 0 Å². The minimum absolute atomic E-state index is 0.122. The fourth-order valence-corrected chi connectivity index (χ4v) is 3.17. The van der Waals surface area contributed by atoms with Crippen molar-refractivity contribution in [1.82, 2.24) is 5.32 Å². The van der Waals surface area contributed by atoms with Crippen LogP contribution < -0.4 is 16.4 Å². The molecular formula is C21H22FN3O4. The molecule has 0 aliphatic carbocycles. The average Bonchev–Trinajstić information content (AvgIpc) is 2.73. The zero-order valence-electron chi connectivity index (χ0n) is 15.7. The van der Waals surface area contributed by atoms with Crippen molar-refractivity contribution >= 4 is 23.4 Å². The number of benzene rings is 2. The molecule has 0 radical (unpaired) electrons. The number of halogens is 1. The van der Waals surface area contributed by atoms with Gasteiger partial charge in [-0.25, -0.2) is 4.39 Å². The highest BCUT2D eigenvalue weighted by molar-refractivity contribution is 6.05. The topological polar surface area (TPSA) is 111 Å². The molecule has 3 rings (SSSR count). The molecule has 1 saturated heterocycles. The van der Waals surface area contributed by atoms with Crippen molar-refractivity contribution in [3.8, 4) is 0 Å². The Kier molecular flexibility index (Phi) is 6.23. The number of rotatable bonds is 6. The van der Waals surface area contributed by atoms with Gasteiger partial charge >= 0.3 is 0 Å². The average molecular weight is 399 g/mol. The van der Waals surface area contributed by atoms with Gasteiger partial charge in [-0.05, 0) is 55.3 Å².